The number of rotatable bonds is 3. The Bertz CT molecular complexity index is 696. The van der Waals surface area contributed by atoms with Gasteiger partial charge in [0, 0.05) is 38.0 Å². The molecule has 4 rings (SSSR count). The summed E-state index contributed by atoms with van der Waals surface area (Å²) in [6, 6.07) is 22.2. The molecule has 1 saturated carbocycles. The van der Waals surface area contributed by atoms with Gasteiger partial charge in [-0.15, -0.1) is 0 Å². The van der Waals surface area contributed by atoms with E-state index in [1.807, 2.05) is 7.05 Å². The van der Waals surface area contributed by atoms with Gasteiger partial charge in [0.05, 0.1) is 0 Å². The lowest BCUT2D eigenvalue weighted by atomic mass is 9.99. The van der Waals surface area contributed by atoms with Crippen molar-refractivity contribution < 1.29 is 0 Å². The fourth-order valence-corrected chi connectivity index (χ4v) is 3.84. The summed E-state index contributed by atoms with van der Waals surface area (Å²) in [4.78, 5) is 6.95. The predicted octanol–water partition coefficient (Wildman–Crippen LogP) is 3.61. The molecular formula is C21H25N3. The highest BCUT2D eigenvalue weighted by molar-refractivity contribution is 5.81. The van der Waals surface area contributed by atoms with E-state index in [2.05, 4.69) is 75.9 Å². The van der Waals surface area contributed by atoms with Gasteiger partial charge in [0.1, 0.15) is 0 Å². The van der Waals surface area contributed by atoms with Crippen molar-refractivity contribution in [3.63, 3.8) is 0 Å². The summed E-state index contributed by atoms with van der Waals surface area (Å²) in [5.74, 6) is 2.32. The number of hydrogen-bond acceptors (Lipinski definition) is 1. The van der Waals surface area contributed by atoms with Crippen molar-refractivity contribution >= 4 is 5.96 Å². The molecule has 0 radical (unpaired) electrons. The van der Waals surface area contributed by atoms with Gasteiger partial charge in [0.25, 0.3) is 0 Å². The van der Waals surface area contributed by atoms with E-state index >= 15 is 0 Å². The number of nitrogens with one attached hydrogen (secondary N) is 1. The van der Waals surface area contributed by atoms with Crippen molar-refractivity contribution in [1.82, 2.24) is 10.2 Å². The number of hydrogen-bond donors (Lipinski definition) is 1. The Morgan fingerprint density at radius 3 is 2.33 bits per heavy atom. The second-order valence-corrected chi connectivity index (χ2v) is 6.89. The van der Waals surface area contributed by atoms with Crippen LogP contribution in [0.5, 0.6) is 0 Å². The topological polar surface area (TPSA) is 27.6 Å². The van der Waals surface area contributed by atoms with E-state index in [-0.39, 0.29) is 0 Å². The fourth-order valence-electron chi connectivity index (χ4n) is 3.84. The number of guanidine groups is 1. The van der Waals surface area contributed by atoms with Crippen molar-refractivity contribution in [2.24, 2.45) is 4.99 Å². The van der Waals surface area contributed by atoms with Gasteiger partial charge >= 0.3 is 0 Å². The summed E-state index contributed by atoms with van der Waals surface area (Å²) >= 11 is 0. The van der Waals surface area contributed by atoms with Crippen LogP contribution in [0.1, 0.15) is 35.8 Å². The molecule has 2 fully saturated rings. The molecule has 0 amide bonds. The second kappa shape index (κ2) is 6.68. The molecule has 1 saturated heterocycles. The number of aliphatic imine (C=N–C) groups is 1. The van der Waals surface area contributed by atoms with Crippen molar-refractivity contribution in [2.75, 3.05) is 20.1 Å². The second-order valence-electron chi connectivity index (χ2n) is 6.89. The molecule has 2 aromatic carbocycles. The van der Waals surface area contributed by atoms with Crippen LogP contribution in [-0.4, -0.2) is 37.0 Å². The van der Waals surface area contributed by atoms with Crippen LogP contribution in [-0.2, 0) is 0 Å². The summed E-state index contributed by atoms with van der Waals surface area (Å²) in [6.45, 7) is 2.15. The van der Waals surface area contributed by atoms with Gasteiger partial charge < -0.3 is 10.2 Å². The van der Waals surface area contributed by atoms with E-state index in [4.69, 9.17) is 0 Å². The molecule has 1 heterocycles. The molecule has 1 N–H and O–H groups in total. The normalized spacial score (nSPS) is 26.5. The van der Waals surface area contributed by atoms with Crippen LogP contribution >= 0.6 is 0 Å². The van der Waals surface area contributed by atoms with Crippen molar-refractivity contribution in [2.45, 2.75) is 30.7 Å². The number of benzene rings is 2. The molecule has 3 unspecified atom stereocenters. The molecule has 0 spiro atoms. The SMILES string of the molecule is CN=C(NC1CC1c1ccccc1)N1CCC(c2ccccc2)C1. The first kappa shape index (κ1) is 15.3. The Labute approximate surface area is 144 Å². The number of nitrogens with zero attached hydrogens (tertiary/aromatic N) is 2. The van der Waals surface area contributed by atoms with Gasteiger partial charge in [0.15, 0.2) is 5.96 Å². The molecule has 124 valence electrons. The van der Waals surface area contributed by atoms with Crippen LogP contribution in [0, 0.1) is 0 Å². The predicted molar refractivity (Wildman–Crippen MR) is 99.5 cm³/mol. The molecule has 24 heavy (non-hydrogen) atoms. The van der Waals surface area contributed by atoms with Gasteiger partial charge in [0.2, 0.25) is 0 Å². The summed E-state index contributed by atoms with van der Waals surface area (Å²) in [7, 11) is 1.90. The Balaban J connectivity index is 1.36. The van der Waals surface area contributed by atoms with Crippen LogP contribution in [0.4, 0.5) is 0 Å². The maximum absolute atomic E-state index is 4.54. The fraction of sp³-hybridized carbons (Fsp3) is 0.381. The lowest BCUT2D eigenvalue weighted by Gasteiger charge is -2.22. The van der Waals surface area contributed by atoms with E-state index in [0.717, 1.165) is 19.0 Å². The van der Waals surface area contributed by atoms with Crippen molar-refractivity contribution in [3.8, 4) is 0 Å². The third kappa shape index (κ3) is 3.16. The van der Waals surface area contributed by atoms with Crippen LogP contribution in [0.2, 0.25) is 0 Å². The first-order valence-electron chi connectivity index (χ1n) is 8.93. The zero-order valence-corrected chi connectivity index (χ0v) is 14.2. The van der Waals surface area contributed by atoms with E-state index in [0.29, 0.717) is 17.9 Å². The molecule has 1 aliphatic heterocycles. The number of likely N-dealkylation sites (tertiary alicyclic amines) is 1. The molecule has 0 bridgehead atoms. The average molecular weight is 319 g/mol. The molecule has 1 aliphatic carbocycles. The first-order valence-corrected chi connectivity index (χ1v) is 8.93. The Hall–Kier alpha value is -2.29. The summed E-state index contributed by atoms with van der Waals surface area (Å²) in [5, 5.41) is 3.68. The first-order chi connectivity index (χ1) is 11.8. The molecule has 3 nitrogen and oxygen atoms in total. The van der Waals surface area contributed by atoms with Gasteiger partial charge in [-0.3, -0.25) is 4.99 Å². The van der Waals surface area contributed by atoms with Crippen LogP contribution in [0.25, 0.3) is 0 Å². The molecular weight excluding hydrogens is 294 g/mol. The Morgan fingerprint density at radius 1 is 1.00 bits per heavy atom. The molecule has 2 aliphatic rings. The van der Waals surface area contributed by atoms with Gasteiger partial charge in [-0.25, -0.2) is 0 Å². The van der Waals surface area contributed by atoms with E-state index in [1.54, 1.807) is 0 Å². The summed E-state index contributed by atoms with van der Waals surface area (Å²) in [6.07, 6.45) is 2.41. The maximum Gasteiger partial charge on any atom is 0.193 e. The Morgan fingerprint density at radius 2 is 1.67 bits per heavy atom. The van der Waals surface area contributed by atoms with Gasteiger partial charge in [-0.2, -0.15) is 0 Å². The highest BCUT2D eigenvalue weighted by Crippen LogP contribution is 2.40. The third-order valence-corrected chi connectivity index (χ3v) is 5.30. The van der Waals surface area contributed by atoms with E-state index in [9.17, 15) is 0 Å². The summed E-state index contributed by atoms with van der Waals surface area (Å²) < 4.78 is 0. The highest BCUT2D eigenvalue weighted by Gasteiger charge is 2.40. The van der Waals surface area contributed by atoms with Crippen molar-refractivity contribution in [1.29, 1.82) is 0 Å². The zero-order chi connectivity index (χ0) is 16.4. The highest BCUT2D eigenvalue weighted by atomic mass is 15.3. The van der Waals surface area contributed by atoms with Crippen LogP contribution in [0.3, 0.4) is 0 Å². The third-order valence-electron chi connectivity index (χ3n) is 5.30. The monoisotopic (exact) mass is 319 g/mol. The molecule has 0 aromatic heterocycles. The minimum Gasteiger partial charge on any atom is -0.353 e. The molecule has 3 heteroatoms. The molecule has 3 atom stereocenters. The van der Waals surface area contributed by atoms with Crippen molar-refractivity contribution in [3.05, 3.63) is 71.8 Å². The smallest absolute Gasteiger partial charge is 0.193 e. The van der Waals surface area contributed by atoms with E-state index in [1.165, 1.54) is 24.0 Å². The van der Waals surface area contributed by atoms with Crippen LogP contribution < -0.4 is 5.32 Å². The quantitative estimate of drug-likeness (QED) is 0.691. The summed E-state index contributed by atoms with van der Waals surface area (Å²) in [5.41, 5.74) is 2.89. The Kier molecular flexibility index (Phi) is 4.24. The zero-order valence-electron chi connectivity index (χ0n) is 14.2. The maximum atomic E-state index is 4.54. The standard InChI is InChI=1S/C21H25N3/c1-22-21(23-20-14-19(20)17-10-6-3-7-11-17)24-13-12-18(15-24)16-8-4-2-5-9-16/h2-11,18-20H,12-15H2,1H3,(H,22,23). The van der Waals surface area contributed by atoms with Gasteiger partial charge in [-0.05, 0) is 24.0 Å². The minimum absolute atomic E-state index is 0.530. The van der Waals surface area contributed by atoms with E-state index < -0.39 is 0 Å². The average Bonchev–Trinajstić information content (AvgIpc) is 3.25. The minimum atomic E-state index is 0.530. The molecule has 2 aromatic rings. The lowest BCUT2D eigenvalue weighted by Crippen LogP contribution is -2.41. The van der Waals surface area contributed by atoms with Crippen LogP contribution in [0.15, 0.2) is 65.7 Å². The lowest BCUT2D eigenvalue weighted by molar-refractivity contribution is 0.484. The largest absolute Gasteiger partial charge is 0.353 e. The van der Waals surface area contributed by atoms with Gasteiger partial charge in [-0.1, -0.05) is 60.7 Å².